The molecule has 0 aliphatic carbocycles. The number of nitrogens with two attached hydrogens (primary N) is 1. The van der Waals surface area contributed by atoms with E-state index in [1.54, 1.807) is 0 Å². The minimum absolute atomic E-state index is 0.0347. The molecule has 2 rings (SSSR count). The third-order valence-electron chi connectivity index (χ3n) is 3.41. The van der Waals surface area contributed by atoms with Crippen LogP contribution in [0.1, 0.15) is 32.1 Å². The summed E-state index contributed by atoms with van der Waals surface area (Å²) in [5.41, 5.74) is 5.78. The van der Waals surface area contributed by atoms with E-state index in [-0.39, 0.29) is 18.1 Å². The Morgan fingerprint density at radius 2 is 1.75 bits per heavy atom. The fourth-order valence-electron chi connectivity index (χ4n) is 2.89. The van der Waals surface area contributed by atoms with Crippen molar-refractivity contribution >= 4 is 5.91 Å². The summed E-state index contributed by atoms with van der Waals surface area (Å²) in [6.45, 7) is 0. The molecule has 92 valence electrons. The number of rotatable bonds is 1. The fraction of sp³-hybridized carbons (Fsp3) is 0.900. The van der Waals surface area contributed by atoms with E-state index in [4.69, 9.17) is 5.73 Å². The summed E-state index contributed by atoms with van der Waals surface area (Å²) < 4.78 is 36.4. The molecule has 0 aromatic rings. The van der Waals surface area contributed by atoms with Crippen molar-refractivity contribution in [2.24, 2.45) is 5.73 Å². The number of amides is 1. The van der Waals surface area contributed by atoms with Gasteiger partial charge in [-0.1, -0.05) is 0 Å². The summed E-state index contributed by atoms with van der Waals surface area (Å²) in [5, 5.41) is 0. The van der Waals surface area contributed by atoms with Crippen LogP contribution in [0, 0.1) is 0 Å². The molecule has 2 fully saturated rings. The summed E-state index contributed by atoms with van der Waals surface area (Å²) in [4.78, 5) is 13.0. The highest BCUT2D eigenvalue weighted by molar-refractivity contribution is 5.78. The van der Waals surface area contributed by atoms with Crippen LogP contribution in [0.5, 0.6) is 0 Å². The molecule has 0 radical (unpaired) electrons. The first-order valence-corrected chi connectivity index (χ1v) is 5.50. The second-order valence-electron chi connectivity index (χ2n) is 4.71. The highest BCUT2D eigenvalue weighted by atomic mass is 19.4. The molecule has 0 aromatic heterocycles. The standard InChI is InChI=1S/C10H15F3N2O/c11-10(12,13)5-9(16)15-7-1-2-8(15)4-6(14)3-7/h6-8H,1-5,14H2. The van der Waals surface area contributed by atoms with Crippen molar-refractivity contribution in [2.45, 2.75) is 56.4 Å². The van der Waals surface area contributed by atoms with Gasteiger partial charge in [0.05, 0.1) is 0 Å². The van der Waals surface area contributed by atoms with Gasteiger partial charge in [-0.3, -0.25) is 4.79 Å². The maximum absolute atomic E-state index is 12.1. The molecule has 2 unspecified atom stereocenters. The van der Waals surface area contributed by atoms with Gasteiger partial charge >= 0.3 is 6.18 Å². The van der Waals surface area contributed by atoms with E-state index < -0.39 is 18.5 Å². The van der Waals surface area contributed by atoms with Crippen molar-refractivity contribution in [2.75, 3.05) is 0 Å². The zero-order chi connectivity index (χ0) is 11.9. The number of halogens is 3. The number of alkyl halides is 3. The molecule has 2 atom stereocenters. The van der Waals surface area contributed by atoms with Crippen LogP contribution in [0.15, 0.2) is 0 Å². The normalized spacial score (nSPS) is 34.2. The molecular weight excluding hydrogens is 221 g/mol. The molecule has 16 heavy (non-hydrogen) atoms. The van der Waals surface area contributed by atoms with E-state index in [9.17, 15) is 18.0 Å². The van der Waals surface area contributed by atoms with E-state index in [1.807, 2.05) is 0 Å². The van der Waals surface area contributed by atoms with Crippen molar-refractivity contribution in [1.82, 2.24) is 4.90 Å². The van der Waals surface area contributed by atoms with Gasteiger partial charge in [0.1, 0.15) is 6.42 Å². The fourth-order valence-corrected chi connectivity index (χ4v) is 2.89. The number of fused-ring (bicyclic) bond motifs is 2. The zero-order valence-corrected chi connectivity index (χ0v) is 8.83. The van der Waals surface area contributed by atoms with Gasteiger partial charge < -0.3 is 10.6 Å². The van der Waals surface area contributed by atoms with E-state index in [0.717, 1.165) is 12.8 Å². The Balaban J connectivity index is 2.03. The van der Waals surface area contributed by atoms with Crippen LogP contribution >= 0.6 is 0 Å². The van der Waals surface area contributed by atoms with E-state index in [1.165, 1.54) is 4.90 Å². The summed E-state index contributed by atoms with van der Waals surface area (Å²) in [6, 6.07) is -0.0976. The van der Waals surface area contributed by atoms with E-state index in [0.29, 0.717) is 12.8 Å². The minimum Gasteiger partial charge on any atom is -0.336 e. The van der Waals surface area contributed by atoms with Gasteiger partial charge in [-0.15, -0.1) is 0 Å². The van der Waals surface area contributed by atoms with Crippen LogP contribution in [0.2, 0.25) is 0 Å². The lowest BCUT2D eigenvalue weighted by molar-refractivity contribution is -0.164. The molecule has 6 heteroatoms. The highest BCUT2D eigenvalue weighted by Crippen LogP contribution is 2.36. The third kappa shape index (κ3) is 2.31. The summed E-state index contributed by atoms with van der Waals surface area (Å²) in [5.74, 6) is -0.785. The third-order valence-corrected chi connectivity index (χ3v) is 3.41. The monoisotopic (exact) mass is 236 g/mol. The van der Waals surface area contributed by atoms with Gasteiger partial charge in [0, 0.05) is 18.1 Å². The van der Waals surface area contributed by atoms with Crippen molar-refractivity contribution in [3.63, 3.8) is 0 Å². The van der Waals surface area contributed by atoms with Crippen molar-refractivity contribution in [1.29, 1.82) is 0 Å². The predicted octanol–water partition coefficient (Wildman–Crippen LogP) is 1.42. The van der Waals surface area contributed by atoms with Crippen molar-refractivity contribution < 1.29 is 18.0 Å². The lowest BCUT2D eigenvalue weighted by Crippen LogP contribution is -2.50. The number of hydrogen-bond donors (Lipinski definition) is 1. The van der Waals surface area contributed by atoms with Crippen LogP contribution in [0.3, 0.4) is 0 Å². The molecule has 2 aliphatic rings. The Morgan fingerprint density at radius 1 is 1.25 bits per heavy atom. The molecule has 1 amide bonds. The second kappa shape index (κ2) is 3.91. The largest absolute Gasteiger partial charge is 0.397 e. The van der Waals surface area contributed by atoms with Gasteiger partial charge in [-0.2, -0.15) is 13.2 Å². The maximum atomic E-state index is 12.1. The number of nitrogens with zero attached hydrogens (tertiary/aromatic N) is 1. The SMILES string of the molecule is NC1CC2CCC(C1)N2C(=O)CC(F)(F)F. The molecule has 2 bridgehead atoms. The van der Waals surface area contributed by atoms with Crippen molar-refractivity contribution in [3.8, 4) is 0 Å². The molecule has 0 saturated carbocycles. The summed E-state index contributed by atoms with van der Waals surface area (Å²) >= 11 is 0. The van der Waals surface area contributed by atoms with E-state index >= 15 is 0 Å². The average Bonchev–Trinajstić information content (AvgIpc) is 2.36. The molecule has 2 aliphatic heterocycles. The Kier molecular flexibility index (Phi) is 2.86. The number of carbonyl (C=O) groups is 1. The minimum atomic E-state index is -4.41. The molecule has 3 nitrogen and oxygen atoms in total. The van der Waals surface area contributed by atoms with Crippen LogP contribution in [0.4, 0.5) is 13.2 Å². The Morgan fingerprint density at radius 3 is 2.19 bits per heavy atom. The average molecular weight is 236 g/mol. The van der Waals surface area contributed by atoms with Gasteiger partial charge in [0.15, 0.2) is 0 Å². The molecule has 2 saturated heterocycles. The maximum Gasteiger partial charge on any atom is 0.397 e. The number of piperidine rings is 1. The molecule has 2 heterocycles. The van der Waals surface area contributed by atoms with Gasteiger partial charge in [0.25, 0.3) is 0 Å². The number of carbonyl (C=O) groups excluding carboxylic acids is 1. The summed E-state index contributed by atoms with van der Waals surface area (Å²) in [6.07, 6.45) is -2.88. The van der Waals surface area contributed by atoms with Crippen molar-refractivity contribution in [3.05, 3.63) is 0 Å². The molecule has 0 spiro atoms. The van der Waals surface area contributed by atoms with Crippen LogP contribution in [-0.4, -0.2) is 35.1 Å². The smallest absolute Gasteiger partial charge is 0.336 e. The first-order valence-electron chi connectivity index (χ1n) is 5.50. The van der Waals surface area contributed by atoms with Gasteiger partial charge in [-0.25, -0.2) is 0 Å². The molecule has 2 N–H and O–H groups in total. The lowest BCUT2D eigenvalue weighted by atomic mass is 9.98. The van der Waals surface area contributed by atoms with Gasteiger partial charge in [-0.05, 0) is 25.7 Å². The Hall–Kier alpha value is -0.780. The lowest BCUT2D eigenvalue weighted by Gasteiger charge is -2.37. The highest BCUT2D eigenvalue weighted by Gasteiger charge is 2.44. The van der Waals surface area contributed by atoms with E-state index in [2.05, 4.69) is 0 Å². The van der Waals surface area contributed by atoms with Gasteiger partial charge in [0.2, 0.25) is 5.91 Å². The topological polar surface area (TPSA) is 46.3 Å². The molecule has 0 aromatic carbocycles. The zero-order valence-electron chi connectivity index (χ0n) is 8.83. The van der Waals surface area contributed by atoms with Crippen LogP contribution in [-0.2, 0) is 4.79 Å². The Labute approximate surface area is 91.8 Å². The predicted molar refractivity (Wildman–Crippen MR) is 51.5 cm³/mol. The second-order valence-corrected chi connectivity index (χ2v) is 4.71. The molecular formula is C10H15F3N2O. The van der Waals surface area contributed by atoms with Crippen LogP contribution in [0.25, 0.3) is 0 Å². The van der Waals surface area contributed by atoms with Crippen LogP contribution < -0.4 is 5.73 Å². The first kappa shape index (κ1) is 11.7. The summed E-state index contributed by atoms with van der Waals surface area (Å²) in [7, 11) is 0. The first-order chi connectivity index (χ1) is 7.37. The Bertz CT molecular complexity index is 278. The number of hydrogen-bond acceptors (Lipinski definition) is 2. The quantitative estimate of drug-likeness (QED) is 0.748.